The summed E-state index contributed by atoms with van der Waals surface area (Å²) in [7, 11) is 0. The number of allylic oxidation sites excluding steroid dienone is 1. The smallest absolute Gasteiger partial charge is 0.261 e. The van der Waals surface area contributed by atoms with Gasteiger partial charge in [0.05, 0.1) is 18.5 Å². The van der Waals surface area contributed by atoms with Crippen LogP contribution in [0.3, 0.4) is 0 Å². The van der Waals surface area contributed by atoms with Crippen LogP contribution in [0.4, 0.5) is 5.69 Å². The molecule has 0 unspecified atom stereocenters. The van der Waals surface area contributed by atoms with Crippen molar-refractivity contribution in [2.45, 2.75) is 13.8 Å². The number of amides is 1. The highest BCUT2D eigenvalue weighted by molar-refractivity contribution is 6.32. The zero-order valence-corrected chi connectivity index (χ0v) is 9.63. The van der Waals surface area contributed by atoms with E-state index in [9.17, 15) is 4.79 Å². The maximum Gasteiger partial charge on any atom is 0.261 e. The second kappa shape index (κ2) is 4.09. The van der Waals surface area contributed by atoms with Crippen LogP contribution in [0.2, 0.25) is 5.28 Å². The van der Waals surface area contributed by atoms with Crippen molar-refractivity contribution in [2.24, 2.45) is 0 Å². The lowest BCUT2D eigenvalue weighted by Gasteiger charge is -2.05. The van der Waals surface area contributed by atoms with Gasteiger partial charge in [-0.25, -0.2) is 9.97 Å². The van der Waals surface area contributed by atoms with Crippen LogP contribution < -0.4 is 5.32 Å². The van der Waals surface area contributed by atoms with Gasteiger partial charge < -0.3 is 10.1 Å². The topological polar surface area (TPSA) is 64.1 Å². The van der Waals surface area contributed by atoms with Gasteiger partial charge in [0, 0.05) is 0 Å². The fraction of sp³-hybridized carbons (Fsp3) is 0.300. The molecule has 0 saturated heterocycles. The Morgan fingerprint density at radius 2 is 2.38 bits per heavy atom. The predicted molar refractivity (Wildman–Crippen MR) is 59.9 cm³/mol. The van der Waals surface area contributed by atoms with Gasteiger partial charge in [-0.05, 0) is 25.4 Å². The van der Waals surface area contributed by atoms with E-state index >= 15 is 0 Å². The number of carbonyl (C=O) groups excluding carboxylic acids is 1. The Hall–Kier alpha value is -1.62. The third-order valence-electron chi connectivity index (χ3n) is 2.18. The molecule has 0 aromatic carbocycles. The number of aromatic nitrogens is 2. The maximum absolute atomic E-state index is 11.7. The fourth-order valence-electron chi connectivity index (χ4n) is 1.55. The third-order valence-corrected chi connectivity index (χ3v) is 2.37. The highest BCUT2D eigenvalue weighted by atomic mass is 35.5. The van der Waals surface area contributed by atoms with E-state index < -0.39 is 0 Å². The summed E-state index contributed by atoms with van der Waals surface area (Å²) in [5, 5.41) is 2.76. The van der Waals surface area contributed by atoms with Crippen LogP contribution in [0.5, 0.6) is 0 Å². The third kappa shape index (κ3) is 1.74. The van der Waals surface area contributed by atoms with Crippen LogP contribution in [0.25, 0.3) is 5.57 Å². The molecule has 84 valence electrons. The summed E-state index contributed by atoms with van der Waals surface area (Å²) in [4.78, 5) is 19.5. The van der Waals surface area contributed by atoms with Crippen LogP contribution >= 0.6 is 11.6 Å². The van der Waals surface area contributed by atoms with Gasteiger partial charge in [-0.3, -0.25) is 4.79 Å². The summed E-state index contributed by atoms with van der Waals surface area (Å²) in [6, 6.07) is 0. The number of carbonyl (C=O) groups is 1. The lowest BCUT2D eigenvalue weighted by Crippen LogP contribution is -2.06. The maximum atomic E-state index is 11.7. The SMILES string of the molecule is CCO/C(C)=C1\C(=O)Nc2cnc(Cl)nc21. The highest BCUT2D eigenvalue weighted by Gasteiger charge is 2.29. The molecule has 2 rings (SSSR count). The van der Waals surface area contributed by atoms with Crippen LogP contribution in [-0.2, 0) is 9.53 Å². The molecule has 0 fully saturated rings. The molecular weight excluding hydrogens is 230 g/mol. The second-order valence-corrected chi connectivity index (χ2v) is 3.56. The summed E-state index contributed by atoms with van der Waals surface area (Å²) in [6.45, 7) is 4.07. The summed E-state index contributed by atoms with van der Waals surface area (Å²) in [6.07, 6.45) is 1.48. The lowest BCUT2D eigenvalue weighted by molar-refractivity contribution is -0.111. The number of nitrogens with zero attached hydrogens (tertiary/aromatic N) is 2. The number of anilines is 1. The minimum absolute atomic E-state index is 0.108. The van der Waals surface area contributed by atoms with E-state index in [1.165, 1.54) is 6.20 Å². The molecule has 0 saturated carbocycles. The van der Waals surface area contributed by atoms with Gasteiger partial charge in [0.1, 0.15) is 17.0 Å². The summed E-state index contributed by atoms with van der Waals surface area (Å²) in [5.41, 5.74) is 1.47. The van der Waals surface area contributed by atoms with E-state index in [1.54, 1.807) is 6.92 Å². The van der Waals surface area contributed by atoms with E-state index in [2.05, 4.69) is 15.3 Å². The number of halogens is 1. The Labute approximate surface area is 97.5 Å². The first-order valence-electron chi connectivity index (χ1n) is 4.81. The van der Waals surface area contributed by atoms with Gasteiger partial charge in [0.25, 0.3) is 5.91 Å². The molecule has 16 heavy (non-hydrogen) atoms. The quantitative estimate of drug-likeness (QED) is 0.486. The minimum atomic E-state index is -0.238. The molecule has 0 aliphatic carbocycles. The Balaban J connectivity index is 2.54. The molecule has 1 amide bonds. The van der Waals surface area contributed by atoms with Crippen molar-refractivity contribution in [3.63, 3.8) is 0 Å². The minimum Gasteiger partial charge on any atom is -0.498 e. The van der Waals surface area contributed by atoms with Gasteiger partial charge >= 0.3 is 0 Å². The first kappa shape index (κ1) is 10.9. The number of rotatable bonds is 2. The number of fused-ring (bicyclic) bond motifs is 1. The number of hydrogen-bond acceptors (Lipinski definition) is 4. The standard InChI is InChI=1S/C10H10ClN3O2/c1-3-16-5(2)7-8-6(13-9(7)15)4-12-10(11)14-8/h4H,3H2,1-2H3,(H,13,15)/b7-5-. The Morgan fingerprint density at radius 1 is 1.62 bits per heavy atom. The molecule has 0 radical (unpaired) electrons. The van der Waals surface area contributed by atoms with E-state index in [0.717, 1.165) is 0 Å². The zero-order chi connectivity index (χ0) is 11.7. The van der Waals surface area contributed by atoms with Crippen molar-refractivity contribution < 1.29 is 9.53 Å². The number of hydrogen-bond donors (Lipinski definition) is 1. The van der Waals surface area contributed by atoms with Gasteiger partial charge in [0.15, 0.2) is 0 Å². The molecule has 1 aliphatic heterocycles. The Morgan fingerprint density at radius 3 is 3.06 bits per heavy atom. The average Bonchev–Trinajstić information content (AvgIpc) is 2.53. The molecule has 0 atom stereocenters. The van der Waals surface area contributed by atoms with E-state index in [0.29, 0.717) is 29.3 Å². The van der Waals surface area contributed by atoms with Crippen molar-refractivity contribution in [3.8, 4) is 0 Å². The van der Waals surface area contributed by atoms with Crippen molar-refractivity contribution in [3.05, 3.63) is 22.9 Å². The van der Waals surface area contributed by atoms with Crippen LogP contribution in [-0.4, -0.2) is 22.5 Å². The highest BCUT2D eigenvalue weighted by Crippen LogP contribution is 2.32. The first-order chi connectivity index (χ1) is 7.63. The zero-order valence-electron chi connectivity index (χ0n) is 8.87. The monoisotopic (exact) mass is 239 g/mol. The largest absolute Gasteiger partial charge is 0.498 e. The van der Waals surface area contributed by atoms with Gasteiger partial charge in [0.2, 0.25) is 5.28 Å². The Bertz CT molecular complexity index is 485. The summed E-state index contributed by atoms with van der Waals surface area (Å²) < 4.78 is 5.31. The summed E-state index contributed by atoms with van der Waals surface area (Å²) >= 11 is 5.69. The molecule has 0 spiro atoms. The molecule has 6 heteroatoms. The van der Waals surface area contributed by atoms with E-state index in [4.69, 9.17) is 16.3 Å². The second-order valence-electron chi connectivity index (χ2n) is 3.22. The van der Waals surface area contributed by atoms with Gasteiger partial charge in [-0.2, -0.15) is 0 Å². The normalized spacial score (nSPS) is 16.8. The molecule has 2 heterocycles. The number of ether oxygens (including phenoxy) is 1. The van der Waals surface area contributed by atoms with Crippen molar-refractivity contribution in [1.29, 1.82) is 0 Å². The van der Waals surface area contributed by atoms with Crippen LogP contribution in [0, 0.1) is 0 Å². The molecule has 5 nitrogen and oxygen atoms in total. The molecule has 1 aliphatic rings. The van der Waals surface area contributed by atoms with Crippen molar-refractivity contribution >= 4 is 28.8 Å². The van der Waals surface area contributed by atoms with Crippen molar-refractivity contribution in [1.82, 2.24) is 9.97 Å². The average molecular weight is 240 g/mol. The molecule has 1 aromatic heterocycles. The fourth-order valence-corrected chi connectivity index (χ4v) is 1.68. The van der Waals surface area contributed by atoms with Gasteiger partial charge in [-0.15, -0.1) is 0 Å². The Kier molecular flexibility index (Phi) is 2.78. The molecule has 0 bridgehead atoms. The molecule has 1 N–H and O–H groups in total. The molecular formula is C10H10ClN3O2. The summed E-state index contributed by atoms with van der Waals surface area (Å²) in [5.74, 6) is 0.297. The lowest BCUT2D eigenvalue weighted by atomic mass is 10.2. The van der Waals surface area contributed by atoms with Crippen molar-refractivity contribution in [2.75, 3.05) is 11.9 Å². The van der Waals surface area contributed by atoms with E-state index in [-0.39, 0.29) is 11.2 Å². The van der Waals surface area contributed by atoms with Gasteiger partial charge in [-0.1, -0.05) is 0 Å². The number of nitrogens with one attached hydrogen (secondary N) is 1. The van der Waals surface area contributed by atoms with Crippen LogP contribution in [0.15, 0.2) is 12.0 Å². The van der Waals surface area contributed by atoms with Crippen LogP contribution in [0.1, 0.15) is 19.5 Å². The van der Waals surface area contributed by atoms with E-state index in [1.807, 2.05) is 6.92 Å². The first-order valence-corrected chi connectivity index (χ1v) is 5.19. The molecule has 1 aromatic rings. The predicted octanol–water partition coefficient (Wildman–Crippen LogP) is 1.85.